The maximum atomic E-state index is 5.91. The summed E-state index contributed by atoms with van der Waals surface area (Å²) in [5, 5.41) is 8.30. The number of fused-ring (bicyclic) bond motifs is 1. The fourth-order valence-electron chi connectivity index (χ4n) is 2.12. The van der Waals surface area contributed by atoms with Gasteiger partial charge in [0.1, 0.15) is 6.61 Å². The lowest BCUT2D eigenvalue weighted by atomic mass is 10.2. The van der Waals surface area contributed by atoms with E-state index in [1.54, 1.807) is 4.68 Å². The highest BCUT2D eigenvalue weighted by Gasteiger charge is 2.21. The van der Waals surface area contributed by atoms with Gasteiger partial charge < -0.3 is 9.47 Å². The summed E-state index contributed by atoms with van der Waals surface area (Å²) in [7, 11) is 0. The minimum Gasteiger partial charge on any atom is -0.486 e. The number of hydrogen-bond acceptors (Lipinski definition) is 4. The fraction of sp³-hybridized carbons (Fsp3) is 0.429. The molecule has 0 radical (unpaired) electrons. The molecule has 0 spiro atoms. The zero-order valence-corrected chi connectivity index (χ0v) is 12.8. The molecular formula is C14H16BrN3O2. The van der Waals surface area contributed by atoms with Crippen LogP contribution in [-0.4, -0.2) is 27.7 Å². The Morgan fingerprint density at radius 1 is 1.40 bits per heavy atom. The lowest BCUT2D eigenvalue weighted by molar-refractivity contribution is 0.0755. The second-order valence-electron chi connectivity index (χ2n) is 4.74. The van der Waals surface area contributed by atoms with Gasteiger partial charge >= 0.3 is 0 Å². The molecule has 1 aromatic carbocycles. The van der Waals surface area contributed by atoms with Crippen molar-refractivity contribution in [3.63, 3.8) is 0 Å². The van der Waals surface area contributed by atoms with Crippen LogP contribution in [0, 0.1) is 0 Å². The second-order valence-corrected chi connectivity index (χ2v) is 5.84. The highest BCUT2D eigenvalue weighted by atomic mass is 79.9. The molecule has 0 bridgehead atoms. The van der Waals surface area contributed by atoms with Gasteiger partial charge in [0.2, 0.25) is 0 Å². The van der Waals surface area contributed by atoms with E-state index >= 15 is 0 Å². The van der Waals surface area contributed by atoms with E-state index in [1.165, 1.54) is 0 Å². The van der Waals surface area contributed by atoms with Crippen molar-refractivity contribution in [3.05, 3.63) is 36.2 Å². The molecule has 2 unspecified atom stereocenters. The molecule has 2 atom stereocenters. The van der Waals surface area contributed by atoms with Crippen LogP contribution in [0.4, 0.5) is 0 Å². The van der Waals surface area contributed by atoms with Crippen LogP contribution in [0.25, 0.3) is 0 Å². The summed E-state index contributed by atoms with van der Waals surface area (Å²) in [6, 6.07) is 7.71. The molecule has 1 aromatic heterocycles. The zero-order valence-electron chi connectivity index (χ0n) is 11.2. The minimum atomic E-state index is -0.0464. The van der Waals surface area contributed by atoms with Gasteiger partial charge in [-0.05, 0) is 18.6 Å². The standard InChI is InChI=1S/C14H16BrN3O2/c1-2-11(15)12-8-18(17-16-12)7-10-9-19-13-5-3-4-6-14(13)20-10/h3-6,8,10-11H,2,7,9H2,1H3. The van der Waals surface area contributed by atoms with Gasteiger partial charge in [-0.25, -0.2) is 4.68 Å². The van der Waals surface area contributed by atoms with Crippen molar-refractivity contribution < 1.29 is 9.47 Å². The number of hydrogen-bond donors (Lipinski definition) is 0. The number of benzene rings is 1. The van der Waals surface area contributed by atoms with Crippen LogP contribution in [0.1, 0.15) is 23.9 Å². The lowest BCUT2D eigenvalue weighted by Crippen LogP contribution is -2.33. The van der Waals surface area contributed by atoms with Crippen molar-refractivity contribution >= 4 is 15.9 Å². The van der Waals surface area contributed by atoms with Crippen LogP contribution in [0.2, 0.25) is 0 Å². The molecule has 0 aliphatic carbocycles. The first-order valence-corrected chi connectivity index (χ1v) is 7.60. The average molecular weight is 338 g/mol. The molecule has 20 heavy (non-hydrogen) atoms. The monoisotopic (exact) mass is 337 g/mol. The molecule has 0 amide bonds. The van der Waals surface area contributed by atoms with E-state index in [0.717, 1.165) is 23.6 Å². The Morgan fingerprint density at radius 3 is 3.00 bits per heavy atom. The molecule has 3 rings (SSSR count). The van der Waals surface area contributed by atoms with Crippen molar-refractivity contribution in [2.75, 3.05) is 6.61 Å². The van der Waals surface area contributed by atoms with Crippen LogP contribution in [-0.2, 0) is 6.54 Å². The van der Waals surface area contributed by atoms with Gasteiger partial charge in [-0.3, -0.25) is 0 Å². The maximum Gasteiger partial charge on any atom is 0.161 e. The zero-order chi connectivity index (χ0) is 13.9. The number of alkyl halides is 1. The first-order valence-electron chi connectivity index (χ1n) is 6.69. The summed E-state index contributed by atoms with van der Waals surface area (Å²) in [6.45, 7) is 3.26. The molecule has 106 valence electrons. The number of ether oxygens (including phenoxy) is 2. The molecular weight excluding hydrogens is 322 g/mol. The first kappa shape index (κ1) is 13.4. The summed E-state index contributed by atoms with van der Waals surface area (Å²) in [5.74, 6) is 1.59. The van der Waals surface area contributed by atoms with E-state index in [4.69, 9.17) is 9.47 Å². The Bertz CT molecular complexity index is 587. The summed E-state index contributed by atoms with van der Waals surface area (Å²) < 4.78 is 13.4. The second kappa shape index (κ2) is 5.83. The smallest absolute Gasteiger partial charge is 0.161 e. The lowest BCUT2D eigenvalue weighted by Gasteiger charge is -2.26. The van der Waals surface area contributed by atoms with E-state index < -0.39 is 0 Å². The summed E-state index contributed by atoms with van der Waals surface area (Å²) in [6.07, 6.45) is 2.89. The van der Waals surface area contributed by atoms with Gasteiger partial charge in [0.05, 0.1) is 17.1 Å². The Labute approximate surface area is 126 Å². The third kappa shape index (κ3) is 2.80. The van der Waals surface area contributed by atoms with Crippen molar-refractivity contribution in [3.8, 4) is 11.5 Å². The minimum absolute atomic E-state index is 0.0464. The molecule has 2 heterocycles. The molecule has 6 heteroatoms. The highest BCUT2D eigenvalue weighted by molar-refractivity contribution is 9.09. The molecule has 1 aliphatic heterocycles. The number of para-hydroxylation sites is 2. The molecule has 1 aliphatic rings. The largest absolute Gasteiger partial charge is 0.486 e. The average Bonchev–Trinajstić information content (AvgIpc) is 2.95. The fourth-order valence-corrected chi connectivity index (χ4v) is 2.33. The van der Waals surface area contributed by atoms with Crippen molar-refractivity contribution in [2.24, 2.45) is 0 Å². The molecule has 0 saturated heterocycles. The summed E-state index contributed by atoms with van der Waals surface area (Å²) in [5.41, 5.74) is 0.949. The molecule has 2 aromatic rings. The van der Waals surface area contributed by atoms with Gasteiger partial charge in [-0.1, -0.05) is 40.2 Å². The van der Waals surface area contributed by atoms with Crippen LogP contribution >= 0.6 is 15.9 Å². The maximum absolute atomic E-state index is 5.91. The molecule has 5 nitrogen and oxygen atoms in total. The van der Waals surface area contributed by atoms with Gasteiger partial charge in [-0.2, -0.15) is 0 Å². The summed E-state index contributed by atoms with van der Waals surface area (Å²) >= 11 is 3.57. The Morgan fingerprint density at radius 2 is 2.20 bits per heavy atom. The highest BCUT2D eigenvalue weighted by Crippen LogP contribution is 2.31. The van der Waals surface area contributed by atoms with Gasteiger partial charge in [-0.15, -0.1) is 5.10 Å². The summed E-state index contributed by atoms with van der Waals surface area (Å²) in [4.78, 5) is 0.250. The number of aromatic nitrogens is 3. The van der Waals surface area contributed by atoms with E-state index in [2.05, 4.69) is 33.2 Å². The number of rotatable bonds is 4. The first-order chi connectivity index (χ1) is 9.76. The molecule has 0 saturated carbocycles. The van der Waals surface area contributed by atoms with Crippen molar-refractivity contribution in [2.45, 2.75) is 30.8 Å². The predicted octanol–water partition coefficient (Wildman–Crippen LogP) is 2.96. The van der Waals surface area contributed by atoms with E-state index in [9.17, 15) is 0 Å². The Kier molecular flexibility index (Phi) is 3.91. The third-order valence-electron chi connectivity index (χ3n) is 3.19. The van der Waals surface area contributed by atoms with Gasteiger partial charge in [0.15, 0.2) is 17.6 Å². The number of nitrogens with zero attached hydrogens (tertiary/aromatic N) is 3. The molecule has 0 N–H and O–H groups in total. The van der Waals surface area contributed by atoms with E-state index in [-0.39, 0.29) is 10.9 Å². The third-order valence-corrected chi connectivity index (χ3v) is 4.31. The SMILES string of the molecule is CCC(Br)c1cn(CC2COc3ccccc3O2)nn1. The van der Waals surface area contributed by atoms with Crippen LogP contribution in [0.15, 0.2) is 30.5 Å². The Balaban J connectivity index is 1.66. The molecule has 0 fully saturated rings. The van der Waals surface area contributed by atoms with Crippen molar-refractivity contribution in [1.82, 2.24) is 15.0 Å². The topological polar surface area (TPSA) is 49.2 Å². The van der Waals surface area contributed by atoms with Crippen molar-refractivity contribution in [1.29, 1.82) is 0 Å². The van der Waals surface area contributed by atoms with Crippen LogP contribution in [0.3, 0.4) is 0 Å². The van der Waals surface area contributed by atoms with Gasteiger partial charge in [0, 0.05) is 6.20 Å². The normalized spacial score (nSPS) is 18.8. The van der Waals surface area contributed by atoms with Crippen LogP contribution in [0.5, 0.6) is 11.5 Å². The van der Waals surface area contributed by atoms with E-state index in [1.807, 2.05) is 30.5 Å². The van der Waals surface area contributed by atoms with Crippen LogP contribution < -0.4 is 9.47 Å². The quantitative estimate of drug-likeness (QED) is 0.805. The van der Waals surface area contributed by atoms with E-state index in [0.29, 0.717) is 13.2 Å². The Hall–Kier alpha value is -1.56. The predicted molar refractivity (Wildman–Crippen MR) is 78.3 cm³/mol. The van der Waals surface area contributed by atoms with Gasteiger partial charge in [0.25, 0.3) is 0 Å². The number of halogens is 1.